The zero-order chi connectivity index (χ0) is 39.2. The molecule has 0 radical (unpaired) electrons. The second-order valence-corrected chi connectivity index (χ2v) is 11.8. The van der Waals surface area contributed by atoms with Crippen LogP contribution in [0.5, 0.6) is 0 Å². The van der Waals surface area contributed by atoms with Crippen molar-refractivity contribution in [1.82, 2.24) is 0 Å². The second kappa shape index (κ2) is 23.2. The lowest BCUT2D eigenvalue weighted by Gasteiger charge is -2.33. The van der Waals surface area contributed by atoms with Gasteiger partial charge in [-0.25, -0.2) is 24.0 Å². The molecule has 1 aliphatic rings. The van der Waals surface area contributed by atoms with Gasteiger partial charge in [0.25, 0.3) is 0 Å². The summed E-state index contributed by atoms with van der Waals surface area (Å²) in [5.41, 5.74) is -2.96. The van der Waals surface area contributed by atoms with Gasteiger partial charge < -0.3 is 43.0 Å². The summed E-state index contributed by atoms with van der Waals surface area (Å²) in [5, 5.41) is 9.88. The van der Waals surface area contributed by atoms with Gasteiger partial charge in [-0.05, 0) is 31.8 Å². The molecule has 52 heavy (non-hydrogen) atoms. The van der Waals surface area contributed by atoms with E-state index in [0.717, 1.165) is 36.5 Å². The van der Waals surface area contributed by atoms with Crippen molar-refractivity contribution in [3.63, 3.8) is 0 Å². The Labute approximate surface area is 301 Å². The van der Waals surface area contributed by atoms with E-state index in [1.54, 1.807) is 0 Å². The zero-order valence-corrected chi connectivity index (χ0v) is 29.0. The van der Waals surface area contributed by atoms with Crippen LogP contribution < -0.4 is 0 Å². The minimum absolute atomic E-state index is 0.210. The number of hydrogen-bond acceptors (Lipinski definition) is 16. The van der Waals surface area contributed by atoms with Crippen LogP contribution in [0.2, 0.25) is 0 Å². The monoisotopic (exact) mass is 734 g/mol. The Bertz CT molecular complexity index is 1260. The van der Waals surface area contributed by atoms with Gasteiger partial charge in [0.15, 0.2) is 6.29 Å². The molecule has 1 atom stereocenters. The van der Waals surface area contributed by atoms with Gasteiger partial charge in [0.2, 0.25) is 0 Å². The zero-order valence-electron chi connectivity index (χ0n) is 29.0. The molecule has 0 bridgehead atoms. The Morgan fingerprint density at radius 1 is 0.481 bits per heavy atom. The van der Waals surface area contributed by atoms with Gasteiger partial charge >= 0.3 is 41.8 Å². The molecular formula is C36H46O16. The fraction of sp³-hybridized carbons (Fsp3) is 0.472. The van der Waals surface area contributed by atoms with Gasteiger partial charge in [-0.1, -0.05) is 39.5 Å². The number of carbonyl (C=O) groups is 7. The number of hydrogen-bond donors (Lipinski definition) is 1. The predicted molar refractivity (Wildman–Crippen MR) is 180 cm³/mol. The van der Waals surface area contributed by atoms with Crippen LogP contribution in [0.1, 0.15) is 25.7 Å². The maximum atomic E-state index is 13.2. The van der Waals surface area contributed by atoms with Crippen molar-refractivity contribution in [2.45, 2.75) is 32.0 Å². The van der Waals surface area contributed by atoms with E-state index in [9.17, 15) is 38.7 Å². The number of aliphatic hydroxyl groups is 1. The molecule has 0 spiro atoms. The van der Waals surface area contributed by atoms with Crippen LogP contribution in [0.15, 0.2) is 75.9 Å². The van der Waals surface area contributed by atoms with Crippen LogP contribution in [0.3, 0.4) is 0 Å². The van der Waals surface area contributed by atoms with Crippen LogP contribution in [0, 0.1) is 22.7 Å². The Morgan fingerprint density at radius 3 is 0.981 bits per heavy atom. The number of aliphatic hydroxyl groups excluding tert-OH is 1. The minimum atomic E-state index is -1.51. The van der Waals surface area contributed by atoms with Crippen molar-refractivity contribution in [2.24, 2.45) is 22.7 Å². The molecule has 1 rings (SSSR count). The van der Waals surface area contributed by atoms with Crippen LogP contribution in [0.25, 0.3) is 0 Å². The van der Waals surface area contributed by atoms with E-state index in [-0.39, 0.29) is 25.7 Å². The smallest absolute Gasteiger partial charge is 0.330 e. The van der Waals surface area contributed by atoms with Crippen molar-refractivity contribution in [3.8, 4) is 0 Å². The molecule has 0 heterocycles. The SMILES string of the molecule is C=CC(=O)OCC(COC(=O)C=C)(COC(=O)C=C)COC(=O)C1CCC(C(=O)OCC(COC(=O)C=C)(COC(=O)C=C)COC(O)C=C)CC1. The molecule has 1 unspecified atom stereocenters. The number of carbonyl (C=O) groups excluding carboxylic acids is 7. The Balaban J connectivity index is 3.02. The summed E-state index contributed by atoms with van der Waals surface area (Å²) in [6.07, 6.45) is 4.97. The Morgan fingerprint density at radius 2 is 0.731 bits per heavy atom. The first-order valence-electron chi connectivity index (χ1n) is 15.9. The highest BCUT2D eigenvalue weighted by Crippen LogP contribution is 2.32. The highest BCUT2D eigenvalue weighted by Gasteiger charge is 2.41. The first kappa shape index (κ1) is 44.7. The number of rotatable bonds is 25. The van der Waals surface area contributed by atoms with E-state index >= 15 is 0 Å². The quantitative estimate of drug-likeness (QED) is 0.0467. The molecule has 1 saturated carbocycles. The molecule has 0 aromatic heterocycles. The lowest BCUT2D eigenvalue weighted by atomic mass is 9.82. The van der Waals surface area contributed by atoms with Crippen LogP contribution in [-0.2, 0) is 71.5 Å². The van der Waals surface area contributed by atoms with Gasteiger partial charge in [-0.2, -0.15) is 0 Å². The largest absolute Gasteiger partial charge is 0.465 e. The fourth-order valence-corrected chi connectivity index (χ4v) is 4.49. The number of esters is 7. The van der Waals surface area contributed by atoms with E-state index < -0.39 is 124 Å². The van der Waals surface area contributed by atoms with Crippen molar-refractivity contribution in [1.29, 1.82) is 0 Å². The standard InChI is InChI=1S/C36H46O16/c1-7-27(37)45-17-35(18-46-28(38)8-2,19-47-29(39)9-3)23-51-33(43)25-13-15-26(16-14-25)34(44)52-24-36(20-48-30(40)10-4,21-49-31(41)11-5)22-50-32(42)12-6/h7-12,25-27,37H,1-6,13-24H2. The van der Waals surface area contributed by atoms with Crippen molar-refractivity contribution >= 4 is 41.8 Å². The summed E-state index contributed by atoms with van der Waals surface area (Å²) in [6, 6.07) is 0. The average Bonchev–Trinajstić information content (AvgIpc) is 3.18. The summed E-state index contributed by atoms with van der Waals surface area (Å²) in [7, 11) is 0. The third-order valence-electron chi connectivity index (χ3n) is 7.63. The summed E-state index contributed by atoms with van der Waals surface area (Å²) < 4.78 is 42.2. The molecule has 0 aromatic carbocycles. The second-order valence-electron chi connectivity index (χ2n) is 11.8. The van der Waals surface area contributed by atoms with Crippen LogP contribution >= 0.6 is 0 Å². The van der Waals surface area contributed by atoms with Crippen molar-refractivity contribution in [2.75, 3.05) is 52.9 Å². The molecule has 0 aromatic rings. The first-order chi connectivity index (χ1) is 24.7. The Kier molecular flexibility index (Phi) is 19.9. The molecule has 0 saturated heterocycles. The maximum Gasteiger partial charge on any atom is 0.330 e. The van der Waals surface area contributed by atoms with E-state index in [4.69, 9.17) is 37.9 Å². The molecular weight excluding hydrogens is 688 g/mol. The van der Waals surface area contributed by atoms with Gasteiger partial charge in [0.1, 0.15) is 51.7 Å². The summed E-state index contributed by atoms with van der Waals surface area (Å²) in [6.45, 7) is 16.3. The van der Waals surface area contributed by atoms with Gasteiger partial charge in [0.05, 0.1) is 23.9 Å². The highest BCUT2D eigenvalue weighted by molar-refractivity contribution is 5.83. The van der Waals surface area contributed by atoms with Crippen LogP contribution in [0.4, 0.5) is 0 Å². The molecule has 1 fully saturated rings. The van der Waals surface area contributed by atoms with Gasteiger partial charge in [-0.15, -0.1) is 0 Å². The molecule has 0 aliphatic heterocycles. The van der Waals surface area contributed by atoms with Gasteiger partial charge in [-0.3, -0.25) is 9.59 Å². The maximum absolute atomic E-state index is 13.2. The predicted octanol–water partition coefficient (Wildman–Crippen LogP) is 2.02. The molecule has 16 nitrogen and oxygen atoms in total. The van der Waals surface area contributed by atoms with E-state index in [2.05, 4.69) is 39.5 Å². The van der Waals surface area contributed by atoms with E-state index in [1.807, 2.05) is 0 Å². The molecule has 1 N–H and O–H groups in total. The normalized spacial score (nSPS) is 15.9. The molecule has 0 amide bonds. The summed E-state index contributed by atoms with van der Waals surface area (Å²) >= 11 is 0. The first-order valence-corrected chi connectivity index (χ1v) is 15.9. The highest BCUT2D eigenvalue weighted by atomic mass is 16.6. The molecule has 1 aliphatic carbocycles. The molecule has 16 heteroatoms. The Hall–Kier alpha value is -5.35. The number of ether oxygens (including phenoxy) is 8. The van der Waals surface area contributed by atoms with E-state index in [0.29, 0.717) is 0 Å². The lowest BCUT2D eigenvalue weighted by molar-refractivity contribution is -0.177. The minimum Gasteiger partial charge on any atom is -0.465 e. The van der Waals surface area contributed by atoms with Crippen LogP contribution in [-0.4, -0.2) is 106 Å². The summed E-state index contributed by atoms with van der Waals surface area (Å²) in [5.74, 6) is -6.75. The molecule has 286 valence electrons. The van der Waals surface area contributed by atoms with Crippen molar-refractivity contribution in [3.05, 3.63) is 75.9 Å². The third kappa shape index (κ3) is 16.1. The lowest BCUT2D eigenvalue weighted by Crippen LogP contribution is -2.45. The average molecular weight is 735 g/mol. The third-order valence-corrected chi connectivity index (χ3v) is 7.63. The fourth-order valence-electron chi connectivity index (χ4n) is 4.49. The van der Waals surface area contributed by atoms with E-state index in [1.165, 1.54) is 0 Å². The van der Waals surface area contributed by atoms with Gasteiger partial charge in [0, 0.05) is 30.4 Å². The van der Waals surface area contributed by atoms with Crippen molar-refractivity contribution < 1.29 is 76.6 Å². The topological polar surface area (TPSA) is 214 Å². The summed E-state index contributed by atoms with van der Waals surface area (Å²) in [4.78, 5) is 85.6.